The average Bonchev–Trinajstić information content (AvgIpc) is 2.58. The monoisotopic (exact) mass is 303 g/mol. The molecule has 4 heteroatoms. The molecule has 0 N–H and O–H groups in total. The zero-order valence-electron chi connectivity index (χ0n) is 13.3. The predicted octanol–water partition coefficient (Wildman–Crippen LogP) is 2.46. The summed E-state index contributed by atoms with van der Waals surface area (Å²) in [7, 11) is 0. The molecule has 0 aliphatic carbocycles. The van der Waals surface area contributed by atoms with E-state index >= 15 is 0 Å². The molecular formula is C18H25NO3. The fourth-order valence-electron chi connectivity index (χ4n) is 2.86. The van der Waals surface area contributed by atoms with E-state index < -0.39 is 0 Å². The Labute approximate surface area is 132 Å². The summed E-state index contributed by atoms with van der Waals surface area (Å²) in [4.78, 5) is 26.2. The maximum absolute atomic E-state index is 12.4. The lowest BCUT2D eigenvalue weighted by atomic mass is 9.90. The van der Waals surface area contributed by atoms with Gasteiger partial charge in [0.15, 0.2) is 0 Å². The number of aryl methyl sites for hydroxylation is 1. The topological polar surface area (TPSA) is 46.6 Å². The standard InChI is InChI=1S/C18H25NO3/c1-2-22-14-18(21)19-12-6-9-16(13-19)17(20)11-10-15-7-4-3-5-8-15/h3-5,7-8,16H,2,6,9-14H2,1H3/t16-/m0/s1. The van der Waals surface area contributed by atoms with Gasteiger partial charge in [0.2, 0.25) is 5.91 Å². The largest absolute Gasteiger partial charge is 0.372 e. The molecule has 1 aliphatic heterocycles. The minimum atomic E-state index is -0.0111. The average molecular weight is 303 g/mol. The van der Waals surface area contributed by atoms with Crippen molar-refractivity contribution in [2.24, 2.45) is 5.92 Å². The van der Waals surface area contributed by atoms with E-state index in [9.17, 15) is 9.59 Å². The van der Waals surface area contributed by atoms with Gasteiger partial charge in [-0.3, -0.25) is 9.59 Å². The Hall–Kier alpha value is -1.68. The SMILES string of the molecule is CCOCC(=O)N1CCC[C@H](C(=O)CCc2ccccc2)C1. The van der Waals surface area contributed by atoms with E-state index in [2.05, 4.69) is 0 Å². The van der Waals surface area contributed by atoms with Crippen LogP contribution in [0.2, 0.25) is 0 Å². The number of rotatable bonds is 7. The fourth-order valence-corrected chi connectivity index (χ4v) is 2.86. The fraction of sp³-hybridized carbons (Fsp3) is 0.556. The van der Waals surface area contributed by atoms with Gasteiger partial charge < -0.3 is 9.64 Å². The second-order valence-electron chi connectivity index (χ2n) is 5.77. The van der Waals surface area contributed by atoms with E-state index in [0.717, 1.165) is 25.8 Å². The van der Waals surface area contributed by atoms with Crippen molar-refractivity contribution in [2.45, 2.75) is 32.6 Å². The number of carbonyl (C=O) groups excluding carboxylic acids is 2. The Bertz CT molecular complexity index is 486. The minimum Gasteiger partial charge on any atom is -0.372 e. The summed E-state index contributed by atoms with van der Waals surface area (Å²) in [5.74, 6) is 0.267. The Kier molecular flexibility index (Phi) is 6.59. The molecule has 120 valence electrons. The molecule has 1 aromatic carbocycles. The molecule has 1 atom stereocenters. The number of hydrogen-bond donors (Lipinski definition) is 0. The van der Waals surface area contributed by atoms with Crippen molar-refractivity contribution in [3.63, 3.8) is 0 Å². The summed E-state index contributed by atoms with van der Waals surface area (Å²) in [5, 5.41) is 0. The van der Waals surface area contributed by atoms with E-state index in [4.69, 9.17) is 4.74 Å². The van der Waals surface area contributed by atoms with Gasteiger partial charge in [0.05, 0.1) is 0 Å². The third kappa shape index (κ3) is 4.95. The number of nitrogens with zero attached hydrogens (tertiary/aromatic N) is 1. The molecule has 1 saturated heterocycles. The van der Waals surface area contributed by atoms with Gasteiger partial charge in [-0.15, -0.1) is 0 Å². The highest BCUT2D eigenvalue weighted by molar-refractivity contribution is 5.83. The van der Waals surface area contributed by atoms with Crippen LogP contribution in [0.15, 0.2) is 30.3 Å². The highest BCUT2D eigenvalue weighted by Crippen LogP contribution is 2.19. The Morgan fingerprint density at radius 3 is 2.77 bits per heavy atom. The zero-order chi connectivity index (χ0) is 15.8. The molecule has 0 radical (unpaired) electrons. The van der Waals surface area contributed by atoms with Crippen molar-refractivity contribution in [1.29, 1.82) is 0 Å². The van der Waals surface area contributed by atoms with E-state index in [1.54, 1.807) is 4.90 Å². The first kappa shape index (κ1) is 16.7. The highest BCUT2D eigenvalue weighted by atomic mass is 16.5. The summed E-state index contributed by atoms with van der Waals surface area (Å²) in [6, 6.07) is 10.1. The van der Waals surface area contributed by atoms with Crippen LogP contribution in [-0.4, -0.2) is 42.9 Å². The van der Waals surface area contributed by atoms with Gasteiger partial charge in [-0.05, 0) is 31.7 Å². The zero-order valence-corrected chi connectivity index (χ0v) is 13.3. The van der Waals surface area contributed by atoms with Gasteiger partial charge in [0, 0.05) is 32.0 Å². The van der Waals surface area contributed by atoms with Crippen LogP contribution in [0, 0.1) is 5.92 Å². The first-order valence-corrected chi connectivity index (χ1v) is 8.13. The van der Waals surface area contributed by atoms with Crippen molar-refractivity contribution in [2.75, 3.05) is 26.3 Å². The first-order chi connectivity index (χ1) is 10.7. The normalized spacial score (nSPS) is 18.2. The number of piperidine rings is 1. The molecule has 1 aliphatic rings. The van der Waals surface area contributed by atoms with Crippen molar-refractivity contribution >= 4 is 11.7 Å². The summed E-state index contributed by atoms with van der Waals surface area (Å²) in [6.07, 6.45) is 3.14. The smallest absolute Gasteiger partial charge is 0.248 e. The molecule has 0 bridgehead atoms. The van der Waals surface area contributed by atoms with E-state index in [0.29, 0.717) is 19.6 Å². The first-order valence-electron chi connectivity index (χ1n) is 8.13. The van der Waals surface area contributed by atoms with Gasteiger partial charge in [-0.1, -0.05) is 30.3 Å². The molecule has 1 aromatic rings. The molecule has 0 saturated carbocycles. The number of benzene rings is 1. The summed E-state index contributed by atoms with van der Waals surface area (Å²) < 4.78 is 5.17. The van der Waals surface area contributed by atoms with Crippen molar-refractivity contribution in [3.8, 4) is 0 Å². The Morgan fingerprint density at radius 1 is 1.27 bits per heavy atom. The van der Waals surface area contributed by atoms with Crippen LogP contribution in [0.25, 0.3) is 0 Å². The number of ether oxygens (including phenoxy) is 1. The molecule has 0 aromatic heterocycles. The number of ketones is 1. The third-order valence-corrected chi connectivity index (χ3v) is 4.16. The quantitative estimate of drug-likeness (QED) is 0.777. The molecule has 2 rings (SSSR count). The van der Waals surface area contributed by atoms with Crippen LogP contribution < -0.4 is 0 Å². The molecule has 1 amide bonds. The number of Topliss-reactive ketones (excluding diaryl/α,β-unsaturated/α-hetero) is 1. The molecule has 1 heterocycles. The summed E-state index contributed by atoms with van der Waals surface area (Å²) in [5.41, 5.74) is 1.19. The molecule has 1 fully saturated rings. The van der Waals surface area contributed by atoms with E-state index in [1.165, 1.54) is 5.56 Å². The Balaban J connectivity index is 1.81. The van der Waals surface area contributed by atoms with Gasteiger partial charge in [-0.25, -0.2) is 0 Å². The third-order valence-electron chi connectivity index (χ3n) is 4.16. The highest BCUT2D eigenvalue weighted by Gasteiger charge is 2.27. The van der Waals surface area contributed by atoms with Gasteiger partial charge in [0.1, 0.15) is 12.4 Å². The van der Waals surface area contributed by atoms with Gasteiger partial charge in [0.25, 0.3) is 0 Å². The molecular weight excluding hydrogens is 278 g/mol. The molecule has 4 nitrogen and oxygen atoms in total. The molecule has 0 unspecified atom stereocenters. The lowest BCUT2D eigenvalue weighted by Gasteiger charge is -2.32. The second-order valence-corrected chi connectivity index (χ2v) is 5.77. The minimum absolute atomic E-state index is 0.00223. The maximum Gasteiger partial charge on any atom is 0.248 e. The second kappa shape index (κ2) is 8.69. The van der Waals surface area contributed by atoms with Crippen LogP contribution >= 0.6 is 0 Å². The van der Waals surface area contributed by atoms with Gasteiger partial charge in [-0.2, -0.15) is 0 Å². The van der Waals surface area contributed by atoms with Crippen molar-refractivity contribution in [1.82, 2.24) is 4.90 Å². The maximum atomic E-state index is 12.4. The van der Waals surface area contributed by atoms with Crippen LogP contribution in [0.5, 0.6) is 0 Å². The van der Waals surface area contributed by atoms with E-state index in [1.807, 2.05) is 37.3 Å². The van der Waals surface area contributed by atoms with Crippen molar-refractivity contribution < 1.29 is 14.3 Å². The molecule has 22 heavy (non-hydrogen) atoms. The number of likely N-dealkylation sites (tertiary alicyclic amines) is 1. The number of carbonyl (C=O) groups is 2. The van der Waals surface area contributed by atoms with E-state index in [-0.39, 0.29) is 24.2 Å². The summed E-state index contributed by atoms with van der Waals surface area (Å²) in [6.45, 7) is 3.84. The van der Waals surface area contributed by atoms with Gasteiger partial charge >= 0.3 is 0 Å². The lowest BCUT2D eigenvalue weighted by molar-refractivity contribution is -0.139. The van der Waals surface area contributed by atoms with Crippen LogP contribution in [-0.2, 0) is 20.7 Å². The lowest BCUT2D eigenvalue weighted by Crippen LogP contribution is -2.43. The number of amides is 1. The summed E-state index contributed by atoms with van der Waals surface area (Å²) >= 11 is 0. The van der Waals surface area contributed by atoms with Crippen molar-refractivity contribution in [3.05, 3.63) is 35.9 Å². The number of hydrogen-bond acceptors (Lipinski definition) is 3. The Morgan fingerprint density at radius 2 is 2.05 bits per heavy atom. The van der Waals surface area contributed by atoms with Crippen LogP contribution in [0.1, 0.15) is 31.7 Å². The predicted molar refractivity (Wildman–Crippen MR) is 85.6 cm³/mol. The van der Waals surface area contributed by atoms with Crippen LogP contribution in [0.4, 0.5) is 0 Å². The van der Waals surface area contributed by atoms with Crippen LogP contribution in [0.3, 0.4) is 0 Å². The molecule has 0 spiro atoms.